The van der Waals surface area contributed by atoms with Crippen molar-refractivity contribution in [2.45, 2.75) is 19.3 Å². The standard InChI is InChI=1S/C57H42N2/c1-57(2)53-22-11-9-18-49(53)50-37-36-47(38-54(50)57)58(45-32-28-41(29-33-45)39-14-5-3-6-15-39)46-34-30-42(31-35-46)40-24-26-43(27-25-40)48-20-13-21-52-51-19-10-12-23-55(51)59(56(48)52)44-16-7-4-8-17-44/h3-38H,1-2H3. The monoisotopic (exact) mass is 754 g/mol. The number of anilines is 3. The zero-order chi connectivity index (χ0) is 39.5. The quantitative estimate of drug-likeness (QED) is 0.157. The first kappa shape index (κ1) is 34.8. The van der Waals surface area contributed by atoms with Crippen LogP contribution in [0.2, 0.25) is 0 Å². The maximum Gasteiger partial charge on any atom is 0.0619 e. The summed E-state index contributed by atoms with van der Waals surface area (Å²) in [5, 5.41) is 2.53. The second kappa shape index (κ2) is 13.9. The first-order chi connectivity index (χ1) is 29.0. The maximum atomic E-state index is 2.41. The molecule has 59 heavy (non-hydrogen) atoms. The topological polar surface area (TPSA) is 8.17 Å². The molecule has 0 saturated heterocycles. The predicted octanol–water partition coefficient (Wildman–Crippen LogP) is 15.6. The van der Waals surface area contributed by atoms with Crippen molar-refractivity contribution in [2.75, 3.05) is 4.90 Å². The van der Waals surface area contributed by atoms with E-state index in [1.54, 1.807) is 0 Å². The summed E-state index contributed by atoms with van der Waals surface area (Å²) >= 11 is 0. The normalized spacial score (nSPS) is 12.7. The van der Waals surface area contributed by atoms with Gasteiger partial charge in [-0.1, -0.05) is 178 Å². The average Bonchev–Trinajstić information content (AvgIpc) is 3.76. The van der Waals surface area contributed by atoms with E-state index in [1.165, 1.54) is 77.4 Å². The Labute approximate surface area is 345 Å². The van der Waals surface area contributed by atoms with Gasteiger partial charge in [-0.3, -0.25) is 0 Å². The van der Waals surface area contributed by atoms with Gasteiger partial charge in [-0.15, -0.1) is 0 Å². The summed E-state index contributed by atoms with van der Waals surface area (Å²) in [7, 11) is 0. The molecule has 11 rings (SSSR count). The smallest absolute Gasteiger partial charge is 0.0619 e. The van der Waals surface area contributed by atoms with Gasteiger partial charge < -0.3 is 9.47 Å². The molecular formula is C57H42N2. The molecule has 280 valence electrons. The van der Waals surface area contributed by atoms with Crippen LogP contribution >= 0.6 is 0 Å². The van der Waals surface area contributed by atoms with Crippen molar-refractivity contribution < 1.29 is 0 Å². The minimum absolute atomic E-state index is 0.0928. The van der Waals surface area contributed by atoms with E-state index < -0.39 is 0 Å². The summed E-state index contributed by atoms with van der Waals surface area (Å²) in [6.45, 7) is 4.70. The molecule has 2 nitrogen and oxygen atoms in total. The molecule has 1 heterocycles. The summed E-state index contributed by atoms with van der Waals surface area (Å²) < 4.78 is 2.41. The summed E-state index contributed by atoms with van der Waals surface area (Å²) in [5.41, 5.74) is 19.5. The van der Waals surface area contributed by atoms with Crippen molar-refractivity contribution in [3.63, 3.8) is 0 Å². The lowest BCUT2D eigenvalue weighted by Crippen LogP contribution is -2.16. The Morgan fingerprint density at radius 3 is 1.54 bits per heavy atom. The number of benzene rings is 9. The number of hydrogen-bond donors (Lipinski definition) is 0. The number of nitrogens with zero attached hydrogens (tertiary/aromatic N) is 2. The Hall–Kier alpha value is -7.42. The van der Waals surface area contributed by atoms with Crippen molar-refractivity contribution in [1.82, 2.24) is 4.57 Å². The molecular weight excluding hydrogens is 713 g/mol. The maximum absolute atomic E-state index is 2.41. The Balaban J connectivity index is 0.965. The molecule has 0 fully saturated rings. The Kier molecular flexibility index (Phi) is 8.20. The summed E-state index contributed by atoms with van der Waals surface area (Å²) in [5.74, 6) is 0. The highest BCUT2D eigenvalue weighted by molar-refractivity contribution is 6.13. The minimum atomic E-state index is -0.0928. The molecule has 0 atom stereocenters. The van der Waals surface area contributed by atoms with E-state index in [9.17, 15) is 0 Å². The number of para-hydroxylation sites is 3. The van der Waals surface area contributed by atoms with E-state index in [4.69, 9.17) is 0 Å². The second-order valence-electron chi connectivity index (χ2n) is 16.2. The van der Waals surface area contributed by atoms with Gasteiger partial charge in [0.05, 0.1) is 11.0 Å². The van der Waals surface area contributed by atoms with E-state index >= 15 is 0 Å². The van der Waals surface area contributed by atoms with Gasteiger partial charge in [0.25, 0.3) is 0 Å². The van der Waals surface area contributed by atoms with Gasteiger partial charge in [-0.25, -0.2) is 0 Å². The Morgan fingerprint density at radius 2 is 0.847 bits per heavy atom. The number of rotatable bonds is 7. The van der Waals surface area contributed by atoms with Crippen LogP contribution in [0, 0.1) is 0 Å². The molecule has 1 aromatic heterocycles. The third-order valence-electron chi connectivity index (χ3n) is 12.4. The molecule has 1 aliphatic carbocycles. The van der Waals surface area contributed by atoms with Crippen molar-refractivity contribution in [3.05, 3.63) is 230 Å². The first-order valence-electron chi connectivity index (χ1n) is 20.5. The van der Waals surface area contributed by atoms with Crippen LogP contribution in [0.1, 0.15) is 25.0 Å². The summed E-state index contributed by atoms with van der Waals surface area (Å²) in [4.78, 5) is 2.40. The predicted molar refractivity (Wildman–Crippen MR) is 249 cm³/mol. The van der Waals surface area contributed by atoms with E-state index in [1.807, 2.05) is 0 Å². The lowest BCUT2D eigenvalue weighted by atomic mass is 9.82. The van der Waals surface area contributed by atoms with Crippen LogP contribution in [-0.4, -0.2) is 4.57 Å². The molecule has 10 aromatic rings. The van der Waals surface area contributed by atoms with Crippen molar-refractivity contribution >= 4 is 38.9 Å². The zero-order valence-electron chi connectivity index (χ0n) is 33.2. The number of fused-ring (bicyclic) bond motifs is 6. The zero-order valence-corrected chi connectivity index (χ0v) is 33.2. The molecule has 0 N–H and O–H groups in total. The Morgan fingerprint density at radius 1 is 0.356 bits per heavy atom. The van der Waals surface area contributed by atoms with Gasteiger partial charge in [0.15, 0.2) is 0 Å². The molecule has 2 heteroatoms. The van der Waals surface area contributed by atoms with Crippen LogP contribution in [-0.2, 0) is 5.41 Å². The van der Waals surface area contributed by atoms with E-state index in [0.717, 1.165) is 22.7 Å². The Bertz CT molecular complexity index is 3140. The third-order valence-corrected chi connectivity index (χ3v) is 12.4. The van der Waals surface area contributed by atoms with Crippen molar-refractivity contribution in [1.29, 1.82) is 0 Å². The largest absolute Gasteiger partial charge is 0.310 e. The van der Waals surface area contributed by atoms with Crippen LogP contribution in [0.3, 0.4) is 0 Å². The van der Waals surface area contributed by atoms with Gasteiger partial charge >= 0.3 is 0 Å². The molecule has 0 amide bonds. The van der Waals surface area contributed by atoms with Crippen molar-refractivity contribution in [3.8, 4) is 50.2 Å². The van der Waals surface area contributed by atoms with Gasteiger partial charge in [0.2, 0.25) is 0 Å². The van der Waals surface area contributed by atoms with Crippen LogP contribution in [0.5, 0.6) is 0 Å². The fraction of sp³-hybridized carbons (Fsp3) is 0.0526. The van der Waals surface area contributed by atoms with E-state index in [-0.39, 0.29) is 5.41 Å². The fourth-order valence-electron chi connectivity index (χ4n) is 9.45. The molecule has 0 bridgehead atoms. The summed E-state index contributed by atoms with van der Waals surface area (Å²) in [6.07, 6.45) is 0. The molecule has 1 aliphatic rings. The molecule has 0 radical (unpaired) electrons. The van der Waals surface area contributed by atoms with Gasteiger partial charge in [0, 0.05) is 44.5 Å². The molecule has 0 saturated carbocycles. The highest BCUT2D eigenvalue weighted by atomic mass is 15.1. The average molecular weight is 755 g/mol. The van der Waals surface area contributed by atoms with Crippen LogP contribution in [0.25, 0.3) is 72.0 Å². The van der Waals surface area contributed by atoms with Crippen LogP contribution < -0.4 is 4.90 Å². The van der Waals surface area contributed by atoms with Crippen molar-refractivity contribution in [2.24, 2.45) is 0 Å². The summed E-state index contributed by atoms with van der Waals surface area (Å²) in [6, 6.07) is 79.7. The third kappa shape index (κ3) is 5.79. The van der Waals surface area contributed by atoms with Crippen LogP contribution in [0.4, 0.5) is 17.1 Å². The SMILES string of the molecule is CC1(C)c2ccccc2-c2ccc(N(c3ccc(-c4ccccc4)cc3)c3ccc(-c4ccc(-c5cccc6c7ccccc7n(-c7ccccc7)c56)cc4)cc3)cc21. The number of aromatic nitrogens is 1. The molecule has 0 unspecified atom stereocenters. The van der Waals surface area contributed by atoms with Gasteiger partial charge in [-0.05, 0) is 105 Å². The highest BCUT2D eigenvalue weighted by Gasteiger charge is 2.35. The fourth-order valence-corrected chi connectivity index (χ4v) is 9.45. The lowest BCUT2D eigenvalue weighted by molar-refractivity contribution is 0.660. The highest BCUT2D eigenvalue weighted by Crippen LogP contribution is 2.51. The van der Waals surface area contributed by atoms with Crippen LogP contribution in [0.15, 0.2) is 218 Å². The van der Waals surface area contributed by atoms with E-state index in [0.29, 0.717) is 0 Å². The second-order valence-corrected chi connectivity index (χ2v) is 16.2. The first-order valence-corrected chi connectivity index (χ1v) is 20.5. The molecule has 0 aliphatic heterocycles. The van der Waals surface area contributed by atoms with Gasteiger partial charge in [-0.2, -0.15) is 0 Å². The lowest BCUT2D eigenvalue weighted by Gasteiger charge is -2.28. The van der Waals surface area contributed by atoms with Gasteiger partial charge in [0.1, 0.15) is 0 Å². The van der Waals surface area contributed by atoms with E-state index in [2.05, 4.69) is 242 Å². The molecule has 9 aromatic carbocycles. The number of hydrogen-bond acceptors (Lipinski definition) is 1. The minimum Gasteiger partial charge on any atom is -0.310 e. The molecule has 0 spiro atoms.